The van der Waals surface area contributed by atoms with Gasteiger partial charge in [-0.15, -0.1) is 0 Å². The molecule has 0 spiro atoms. The van der Waals surface area contributed by atoms with E-state index in [0.717, 1.165) is 12.1 Å². The summed E-state index contributed by atoms with van der Waals surface area (Å²) in [5, 5.41) is 0. The van der Waals surface area contributed by atoms with Crippen molar-refractivity contribution >= 4 is 5.69 Å². The lowest BCUT2D eigenvalue weighted by Gasteiger charge is -2.30. The summed E-state index contributed by atoms with van der Waals surface area (Å²) < 4.78 is 50.6. The second-order valence-corrected chi connectivity index (χ2v) is 3.41. The van der Waals surface area contributed by atoms with Crippen molar-refractivity contribution < 1.29 is 17.6 Å². The van der Waals surface area contributed by atoms with E-state index in [2.05, 4.69) is 0 Å². The molecule has 1 aromatic rings. The molecule has 1 aromatic carbocycles. The fourth-order valence-electron chi connectivity index (χ4n) is 1.36. The van der Waals surface area contributed by atoms with Gasteiger partial charge in [0, 0.05) is 11.7 Å². The zero-order valence-electron chi connectivity index (χ0n) is 8.35. The highest BCUT2D eigenvalue weighted by molar-refractivity contribution is 5.48. The molecule has 0 N–H and O–H groups in total. The maximum atomic E-state index is 12.8. The van der Waals surface area contributed by atoms with Crippen LogP contribution in [0.2, 0.25) is 0 Å². The van der Waals surface area contributed by atoms with Crippen LogP contribution in [0.5, 0.6) is 0 Å². The first-order chi connectivity index (χ1) is 6.82. The van der Waals surface area contributed by atoms with Gasteiger partial charge in [0.15, 0.2) is 0 Å². The minimum absolute atomic E-state index is 0.183. The summed E-state index contributed by atoms with van der Waals surface area (Å²) in [5.41, 5.74) is -0.183. The van der Waals surface area contributed by atoms with E-state index in [0.29, 0.717) is 0 Å². The number of anilines is 1. The van der Waals surface area contributed by atoms with Crippen molar-refractivity contribution in [1.29, 1.82) is 0 Å². The predicted molar refractivity (Wildman–Crippen MR) is 50.1 cm³/mol. The van der Waals surface area contributed by atoms with Crippen LogP contribution in [0.4, 0.5) is 23.2 Å². The van der Waals surface area contributed by atoms with Crippen molar-refractivity contribution in [3.05, 3.63) is 30.1 Å². The molecular formula is C10H11F4N. The Balaban J connectivity index is 3.11. The Hall–Kier alpha value is -1.26. The van der Waals surface area contributed by atoms with Gasteiger partial charge >= 0.3 is 6.30 Å². The third-order valence-corrected chi connectivity index (χ3v) is 1.88. The van der Waals surface area contributed by atoms with Crippen LogP contribution in [0.25, 0.3) is 0 Å². The van der Waals surface area contributed by atoms with Crippen LogP contribution < -0.4 is 4.90 Å². The van der Waals surface area contributed by atoms with Crippen LogP contribution >= 0.6 is 0 Å². The van der Waals surface area contributed by atoms with E-state index < -0.39 is 18.2 Å². The molecule has 0 unspecified atom stereocenters. The Labute approximate surface area is 85.3 Å². The summed E-state index contributed by atoms with van der Waals surface area (Å²) in [4.78, 5) is 0.218. The van der Waals surface area contributed by atoms with Crippen LogP contribution in [0.3, 0.4) is 0 Å². The number of hydrogen-bond acceptors (Lipinski definition) is 1. The van der Waals surface area contributed by atoms with Gasteiger partial charge in [-0.25, -0.2) is 4.39 Å². The fourth-order valence-corrected chi connectivity index (χ4v) is 1.36. The highest BCUT2D eigenvalue weighted by Gasteiger charge is 2.39. The SMILES string of the molecule is CC(C)N(c1cccc(F)c1)C(F)(F)F. The minimum Gasteiger partial charge on any atom is -0.281 e. The van der Waals surface area contributed by atoms with Crippen molar-refractivity contribution in [3.8, 4) is 0 Å². The Bertz CT molecular complexity index is 332. The van der Waals surface area contributed by atoms with Crippen molar-refractivity contribution in [2.45, 2.75) is 26.2 Å². The van der Waals surface area contributed by atoms with Gasteiger partial charge < -0.3 is 0 Å². The zero-order chi connectivity index (χ0) is 11.6. The molecule has 0 fully saturated rings. The lowest BCUT2D eigenvalue weighted by molar-refractivity contribution is -0.133. The number of hydrogen-bond donors (Lipinski definition) is 0. The Morgan fingerprint density at radius 3 is 2.20 bits per heavy atom. The molecule has 0 amide bonds. The number of alkyl halides is 3. The molecule has 0 bridgehead atoms. The van der Waals surface area contributed by atoms with Gasteiger partial charge in [-0.1, -0.05) is 6.07 Å². The molecule has 1 rings (SSSR count). The molecule has 15 heavy (non-hydrogen) atoms. The molecule has 0 aliphatic rings. The summed E-state index contributed by atoms with van der Waals surface area (Å²) in [6.45, 7) is 2.80. The molecule has 5 heteroatoms. The van der Waals surface area contributed by atoms with Crippen LogP contribution in [0.15, 0.2) is 24.3 Å². The first-order valence-electron chi connectivity index (χ1n) is 4.44. The van der Waals surface area contributed by atoms with Crippen LogP contribution in [-0.2, 0) is 0 Å². The highest BCUT2D eigenvalue weighted by Crippen LogP contribution is 2.30. The summed E-state index contributed by atoms with van der Waals surface area (Å²) in [5.74, 6) is -0.678. The lowest BCUT2D eigenvalue weighted by atomic mass is 10.2. The van der Waals surface area contributed by atoms with E-state index in [1.165, 1.54) is 26.0 Å². The molecule has 0 heterocycles. The first kappa shape index (κ1) is 11.8. The van der Waals surface area contributed by atoms with Gasteiger partial charge in [-0.3, -0.25) is 4.90 Å². The summed E-state index contributed by atoms with van der Waals surface area (Å²) in [7, 11) is 0. The van der Waals surface area contributed by atoms with E-state index in [1.54, 1.807) is 0 Å². The van der Waals surface area contributed by atoms with Gasteiger partial charge in [-0.2, -0.15) is 13.2 Å². The van der Waals surface area contributed by atoms with E-state index in [9.17, 15) is 17.6 Å². The van der Waals surface area contributed by atoms with Gasteiger partial charge in [0.25, 0.3) is 0 Å². The fraction of sp³-hybridized carbons (Fsp3) is 0.400. The molecule has 0 saturated carbocycles. The Kier molecular flexibility index (Phi) is 3.21. The molecule has 0 aliphatic carbocycles. The molecule has 0 aliphatic heterocycles. The quantitative estimate of drug-likeness (QED) is 0.545. The van der Waals surface area contributed by atoms with Gasteiger partial charge in [0.05, 0.1) is 0 Å². The molecule has 1 nitrogen and oxygen atoms in total. The summed E-state index contributed by atoms with van der Waals surface area (Å²) in [6, 6.07) is 3.70. The topological polar surface area (TPSA) is 3.24 Å². The minimum atomic E-state index is -4.50. The van der Waals surface area contributed by atoms with E-state index in [-0.39, 0.29) is 10.6 Å². The molecular weight excluding hydrogens is 210 g/mol. The Morgan fingerprint density at radius 2 is 1.80 bits per heavy atom. The van der Waals surface area contributed by atoms with E-state index >= 15 is 0 Å². The van der Waals surface area contributed by atoms with Crippen LogP contribution in [0, 0.1) is 5.82 Å². The van der Waals surface area contributed by atoms with Gasteiger partial charge in [0.2, 0.25) is 0 Å². The van der Waals surface area contributed by atoms with Crippen LogP contribution in [0.1, 0.15) is 13.8 Å². The standard InChI is InChI=1S/C10H11F4N/c1-7(2)15(10(12,13)14)9-5-3-4-8(11)6-9/h3-7H,1-2H3. The van der Waals surface area contributed by atoms with Crippen molar-refractivity contribution in [3.63, 3.8) is 0 Å². The van der Waals surface area contributed by atoms with Crippen LogP contribution in [-0.4, -0.2) is 12.3 Å². The average molecular weight is 221 g/mol. The third-order valence-electron chi connectivity index (χ3n) is 1.88. The lowest BCUT2D eigenvalue weighted by Crippen LogP contribution is -2.43. The molecule has 0 radical (unpaired) electrons. The third kappa shape index (κ3) is 2.84. The normalized spacial score (nSPS) is 11.9. The number of halogens is 4. The van der Waals surface area contributed by atoms with Crippen molar-refractivity contribution in [2.24, 2.45) is 0 Å². The number of benzene rings is 1. The summed E-state index contributed by atoms with van der Waals surface area (Å²) in [6.07, 6.45) is -4.50. The molecule has 0 atom stereocenters. The maximum Gasteiger partial charge on any atom is 0.485 e. The highest BCUT2D eigenvalue weighted by atomic mass is 19.4. The second kappa shape index (κ2) is 4.08. The molecule has 0 aromatic heterocycles. The van der Waals surface area contributed by atoms with Gasteiger partial charge in [-0.05, 0) is 32.0 Å². The molecule has 84 valence electrons. The van der Waals surface area contributed by atoms with Crippen molar-refractivity contribution in [1.82, 2.24) is 0 Å². The molecule has 0 saturated heterocycles. The first-order valence-corrected chi connectivity index (χ1v) is 4.44. The maximum absolute atomic E-state index is 12.8. The average Bonchev–Trinajstić information content (AvgIpc) is 1.99. The van der Waals surface area contributed by atoms with Crippen molar-refractivity contribution in [2.75, 3.05) is 4.90 Å². The monoisotopic (exact) mass is 221 g/mol. The van der Waals surface area contributed by atoms with Gasteiger partial charge in [0.1, 0.15) is 5.82 Å². The number of rotatable bonds is 2. The predicted octanol–water partition coefficient (Wildman–Crippen LogP) is 3.56. The Morgan fingerprint density at radius 1 is 1.20 bits per heavy atom. The smallest absolute Gasteiger partial charge is 0.281 e. The zero-order valence-corrected chi connectivity index (χ0v) is 8.35. The second-order valence-electron chi connectivity index (χ2n) is 3.41. The number of nitrogens with zero attached hydrogens (tertiary/aromatic N) is 1. The largest absolute Gasteiger partial charge is 0.485 e. The van der Waals surface area contributed by atoms with E-state index in [4.69, 9.17) is 0 Å². The summed E-state index contributed by atoms with van der Waals surface area (Å²) >= 11 is 0. The van der Waals surface area contributed by atoms with E-state index in [1.807, 2.05) is 0 Å².